The number of nitrogens with one attached hydrogen (secondary N) is 1. The van der Waals surface area contributed by atoms with Crippen LogP contribution in [-0.2, 0) is 7.05 Å². The molecule has 1 aromatic rings. The van der Waals surface area contributed by atoms with E-state index < -0.39 is 0 Å². The molecule has 0 bridgehead atoms. The Morgan fingerprint density at radius 1 is 1.33 bits per heavy atom. The fourth-order valence-corrected chi connectivity index (χ4v) is 2.89. The van der Waals surface area contributed by atoms with E-state index in [-0.39, 0.29) is 0 Å². The van der Waals surface area contributed by atoms with E-state index in [1.165, 1.54) is 43.5 Å². The molecule has 1 saturated carbocycles. The van der Waals surface area contributed by atoms with E-state index >= 15 is 0 Å². The summed E-state index contributed by atoms with van der Waals surface area (Å²) in [5.41, 5.74) is 3.04. The summed E-state index contributed by atoms with van der Waals surface area (Å²) in [4.78, 5) is 0. The topological polar surface area (TPSA) is 29.9 Å². The van der Waals surface area contributed by atoms with Crippen molar-refractivity contribution < 1.29 is 0 Å². The summed E-state index contributed by atoms with van der Waals surface area (Å²) in [7, 11) is 2.09. The Morgan fingerprint density at radius 2 is 2.20 bits per heavy atom. The Labute approximate surface area is 90.9 Å². The van der Waals surface area contributed by atoms with Gasteiger partial charge in [-0.3, -0.25) is 4.68 Å². The number of rotatable bonds is 2. The Morgan fingerprint density at radius 3 is 2.80 bits per heavy atom. The maximum Gasteiger partial charge on any atom is 0.0527 e. The lowest BCUT2D eigenvalue weighted by Crippen LogP contribution is -2.16. The van der Waals surface area contributed by atoms with Gasteiger partial charge in [-0.05, 0) is 37.3 Å². The summed E-state index contributed by atoms with van der Waals surface area (Å²) in [6.45, 7) is 2.30. The van der Waals surface area contributed by atoms with Crippen LogP contribution < -0.4 is 5.32 Å². The van der Waals surface area contributed by atoms with Crippen molar-refractivity contribution in [3.63, 3.8) is 0 Å². The number of nitrogens with zero attached hydrogens (tertiary/aromatic N) is 2. The molecule has 1 unspecified atom stereocenters. The lowest BCUT2D eigenvalue weighted by Gasteiger charge is -2.27. The third kappa shape index (κ3) is 1.49. The van der Waals surface area contributed by atoms with Gasteiger partial charge < -0.3 is 5.32 Å². The van der Waals surface area contributed by atoms with E-state index in [2.05, 4.69) is 28.3 Å². The van der Waals surface area contributed by atoms with Gasteiger partial charge in [0.25, 0.3) is 0 Å². The number of hydrogen-bond donors (Lipinski definition) is 1. The lowest BCUT2D eigenvalue weighted by atomic mass is 9.78. The van der Waals surface area contributed by atoms with E-state index in [0.29, 0.717) is 5.92 Å². The van der Waals surface area contributed by atoms with E-state index in [1.54, 1.807) is 0 Å². The first-order valence-corrected chi connectivity index (χ1v) is 6.09. The van der Waals surface area contributed by atoms with Crippen molar-refractivity contribution in [1.29, 1.82) is 0 Å². The first kappa shape index (κ1) is 9.40. The molecule has 3 rings (SSSR count). The Bertz CT molecular complexity index is 346. The minimum atomic E-state index is 0.702. The molecule has 1 atom stereocenters. The van der Waals surface area contributed by atoms with Gasteiger partial charge in [0.15, 0.2) is 0 Å². The summed E-state index contributed by atoms with van der Waals surface area (Å²) in [5.74, 6) is 1.52. The molecule has 82 valence electrons. The second-order valence-corrected chi connectivity index (χ2v) is 4.93. The smallest absolute Gasteiger partial charge is 0.0527 e. The van der Waals surface area contributed by atoms with Crippen LogP contribution >= 0.6 is 0 Å². The predicted octanol–water partition coefficient (Wildman–Crippen LogP) is 1.76. The molecule has 1 aromatic heterocycles. The second kappa shape index (κ2) is 3.63. The highest BCUT2D eigenvalue weighted by molar-refractivity contribution is 5.28. The summed E-state index contributed by atoms with van der Waals surface area (Å²) in [6, 6.07) is 0. The average molecular weight is 205 g/mol. The van der Waals surface area contributed by atoms with E-state index in [9.17, 15) is 0 Å². The van der Waals surface area contributed by atoms with Crippen molar-refractivity contribution in [2.45, 2.75) is 37.5 Å². The predicted molar refractivity (Wildman–Crippen MR) is 60.0 cm³/mol. The van der Waals surface area contributed by atoms with Crippen LogP contribution in [0.1, 0.15) is 48.8 Å². The number of aryl methyl sites for hydroxylation is 1. The third-order valence-corrected chi connectivity index (χ3v) is 4.01. The average Bonchev–Trinajstić information content (AvgIpc) is 2.72. The highest BCUT2D eigenvalue weighted by atomic mass is 15.3. The monoisotopic (exact) mass is 205 g/mol. The Kier molecular flexibility index (Phi) is 2.28. The normalized spacial score (nSPS) is 26.9. The van der Waals surface area contributed by atoms with Crippen molar-refractivity contribution in [2.75, 3.05) is 13.1 Å². The minimum absolute atomic E-state index is 0.702. The van der Waals surface area contributed by atoms with E-state index in [4.69, 9.17) is 0 Å². The van der Waals surface area contributed by atoms with E-state index in [1.807, 2.05) is 0 Å². The molecule has 1 saturated heterocycles. The van der Waals surface area contributed by atoms with Gasteiger partial charge in [0.05, 0.1) is 6.20 Å². The van der Waals surface area contributed by atoms with Crippen molar-refractivity contribution in [2.24, 2.45) is 7.05 Å². The molecule has 0 aromatic carbocycles. The van der Waals surface area contributed by atoms with Crippen LogP contribution in [0.25, 0.3) is 0 Å². The molecular formula is C12H19N3. The number of aromatic nitrogens is 2. The van der Waals surface area contributed by atoms with Crippen molar-refractivity contribution in [3.8, 4) is 0 Å². The van der Waals surface area contributed by atoms with Crippen LogP contribution in [0, 0.1) is 0 Å². The van der Waals surface area contributed by atoms with E-state index in [0.717, 1.165) is 12.5 Å². The molecule has 3 nitrogen and oxygen atoms in total. The standard InChI is InChI=1S/C12H19N3/c1-15-12(10-5-6-13-7-10)11(8-14-15)9-3-2-4-9/h8-10,13H,2-7H2,1H3. The van der Waals surface area contributed by atoms with Crippen LogP contribution in [0.3, 0.4) is 0 Å². The molecule has 0 radical (unpaired) electrons. The zero-order chi connectivity index (χ0) is 10.3. The second-order valence-electron chi connectivity index (χ2n) is 4.93. The Balaban J connectivity index is 1.92. The van der Waals surface area contributed by atoms with Crippen LogP contribution in [0.4, 0.5) is 0 Å². The van der Waals surface area contributed by atoms with Crippen molar-refractivity contribution >= 4 is 0 Å². The Hall–Kier alpha value is -0.830. The molecule has 1 aliphatic carbocycles. The fraction of sp³-hybridized carbons (Fsp3) is 0.750. The molecule has 2 heterocycles. The van der Waals surface area contributed by atoms with Gasteiger partial charge >= 0.3 is 0 Å². The van der Waals surface area contributed by atoms with Gasteiger partial charge in [-0.1, -0.05) is 6.42 Å². The van der Waals surface area contributed by atoms with Gasteiger partial charge in [-0.2, -0.15) is 5.10 Å². The van der Waals surface area contributed by atoms with Gasteiger partial charge in [0, 0.05) is 25.2 Å². The SMILES string of the molecule is Cn1ncc(C2CCC2)c1C1CCNC1. The van der Waals surface area contributed by atoms with Crippen molar-refractivity contribution in [1.82, 2.24) is 15.1 Å². The summed E-state index contributed by atoms with van der Waals surface area (Å²) in [6.07, 6.45) is 7.54. The van der Waals surface area contributed by atoms with Crippen LogP contribution in [0.15, 0.2) is 6.20 Å². The van der Waals surface area contributed by atoms with Gasteiger partial charge in [0.2, 0.25) is 0 Å². The molecular weight excluding hydrogens is 186 g/mol. The zero-order valence-corrected chi connectivity index (χ0v) is 9.37. The van der Waals surface area contributed by atoms with Crippen molar-refractivity contribution in [3.05, 3.63) is 17.5 Å². The summed E-state index contributed by atoms with van der Waals surface area (Å²) >= 11 is 0. The van der Waals surface area contributed by atoms with Gasteiger partial charge in [0.1, 0.15) is 0 Å². The maximum absolute atomic E-state index is 4.45. The molecule has 2 aliphatic rings. The molecule has 15 heavy (non-hydrogen) atoms. The first-order valence-electron chi connectivity index (χ1n) is 6.09. The lowest BCUT2D eigenvalue weighted by molar-refractivity contribution is 0.414. The molecule has 3 heteroatoms. The summed E-state index contributed by atoms with van der Waals surface area (Å²) in [5, 5.41) is 7.90. The molecule has 1 N–H and O–H groups in total. The third-order valence-electron chi connectivity index (χ3n) is 4.01. The summed E-state index contributed by atoms with van der Waals surface area (Å²) < 4.78 is 2.10. The highest BCUT2D eigenvalue weighted by Gasteiger charge is 2.29. The fourth-order valence-electron chi connectivity index (χ4n) is 2.89. The molecule has 1 aliphatic heterocycles. The molecule has 2 fully saturated rings. The zero-order valence-electron chi connectivity index (χ0n) is 9.37. The van der Waals surface area contributed by atoms with Crippen LogP contribution in [0.5, 0.6) is 0 Å². The first-order chi connectivity index (χ1) is 7.36. The maximum atomic E-state index is 4.45. The van der Waals surface area contributed by atoms with Crippen LogP contribution in [-0.4, -0.2) is 22.9 Å². The molecule has 0 amide bonds. The van der Waals surface area contributed by atoms with Gasteiger partial charge in [-0.25, -0.2) is 0 Å². The number of hydrogen-bond acceptors (Lipinski definition) is 2. The van der Waals surface area contributed by atoms with Crippen LogP contribution in [0.2, 0.25) is 0 Å². The van der Waals surface area contributed by atoms with Gasteiger partial charge in [-0.15, -0.1) is 0 Å². The highest BCUT2D eigenvalue weighted by Crippen LogP contribution is 2.40. The minimum Gasteiger partial charge on any atom is -0.316 e. The largest absolute Gasteiger partial charge is 0.316 e. The molecule has 0 spiro atoms. The quantitative estimate of drug-likeness (QED) is 0.797.